The molecule has 0 saturated heterocycles. The summed E-state index contributed by atoms with van der Waals surface area (Å²) in [6, 6.07) is 9.38. The van der Waals surface area contributed by atoms with Crippen LogP contribution in [0.5, 0.6) is 0 Å². The highest BCUT2D eigenvalue weighted by Gasteiger charge is 2.15. The summed E-state index contributed by atoms with van der Waals surface area (Å²) < 4.78 is 2.42. The van der Waals surface area contributed by atoms with Crippen molar-refractivity contribution < 1.29 is 0 Å². The van der Waals surface area contributed by atoms with Crippen LogP contribution in [-0.2, 0) is 7.05 Å². The van der Waals surface area contributed by atoms with Gasteiger partial charge in [0.2, 0.25) is 0 Å². The number of imidazole rings is 1. The summed E-state index contributed by atoms with van der Waals surface area (Å²) in [5, 5.41) is 9.31. The molecular formula is C13H7ClIN5. The third-order valence-corrected chi connectivity index (χ3v) is 3.64. The van der Waals surface area contributed by atoms with E-state index in [4.69, 9.17) is 16.9 Å². The zero-order chi connectivity index (χ0) is 14.3. The molecule has 1 aromatic carbocycles. The first-order valence-corrected chi connectivity index (χ1v) is 7.12. The second-order valence-corrected chi connectivity index (χ2v) is 5.47. The van der Waals surface area contributed by atoms with Gasteiger partial charge in [0.15, 0.2) is 14.6 Å². The Hall–Kier alpha value is -1.72. The molecule has 0 N–H and O–H groups in total. The lowest BCUT2D eigenvalue weighted by Crippen LogP contribution is -1.96. The largest absolute Gasteiger partial charge is 0.312 e. The van der Waals surface area contributed by atoms with E-state index in [-0.39, 0.29) is 0 Å². The first-order valence-electron chi connectivity index (χ1n) is 5.66. The second kappa shape index (κ2) is 5.00. The highest BCUT2D eigenvalue weighted by atomic mass is 127. The zero-order valence-corrected chi connectivity index (χ0v) is 13.2. The van der Waals surface area contributed by atoms with E-state index in [2.05, 4.69) is 21.0 Å². The molecule has 98 valence electrons. The normalized spacial score (nSPS) is 10.7. The first kappa shape index (κ1) is 13.3. The Kier molecular flexibility index (Phi) is 3.31. The predicted octanol–water partition coefficient (Wildman–Crippen LogP) is 3.16. The summed E-state index contributed by atoms with van der Waals surface area (Å²) >= 11 is 8.12. The standard InChI is InChI=1S/C13H7ClIN5/c1-20-11(8-4-2-3-7(5-8)6-16)17-9-10(14)18-13(15)19-12(9)20/h2-5H,1H3. The molecule has 0 spiro atoms. The highest BCUT2D eigenvalue weighted by molar-refractivity contribution is 14.1. The van der Waals surface area contributed by atoms with E-state index in [1.165, 1.54) is 0 Å². The number of halogens is 2. The van der Waals surface area contributed by atoms with Gasteiger partial charge in [0.05, 0.1) is 11.6 Å². The molecule has 2 aromatic heterocycles. The van der Waals surface area contributed by atoms with Gasteiger partial charge in [-0.1, -0.05) is 23.7 Å². The molecule has 0 aliphatic heterocycles. The zero-order valence-electron chi connectivity index (χ0n) is 10.3. The summed E-state index contributed by atoms with van der Waals surface area (Å²) in [4.78, 5) is 12.9. The fourth-order valence-corrected chi connectivity index (χ4v) is 2.81. The number of nitrogens with zero attached hydrogens (tertiary/aromatic N) is 5. The van der Waals surface area contributed by atoms with E-state index in [0.29, 0.717) is 31.5 Å². The number of fused-ring (bicyclic) bond motifs is 1. The van der Waals surface area contributed by atoms with Crippen molar-refractivity contribution in [3.63, 3.8) is 0 Å². The topological polar surface area (TPSA) is 67.4 Å². The molecule has 0 fully saturated rings. The van der Waals surface area contributed by atoms with Crippen LogP contribution in [0, 0.1) is 15.2 Å². The molecule has 20 heavy (non-hydrogen) atoms. The summed E-state index contributed by atoms with van der Waals surface area (Å²) in [5.41, 5.74) is 2.66. The van der Waals surface area contributed by atoms with Gasteiger partial charge in [0.1, 0.15) is 11.3 Å². The number of nitriles is 1. The Balaban J connectivity index is 2.29. The Labute approximate surface area is 133 Å². The Bertz CT molecular complexity index is 865. The van der Waals surface area contributed by atoms with Gasteiger partial charge in [-0.3, -0.25) is 0 Å². The van der Waals surface area contributed by atoms with Gasteiger partial charge in [-0.05, 0) is 12.1 Å². The van der Waals surface area contributed by atoms with Crippen LogP contribution in [0.3, 0.4) is 0 Å². The summed E-state index contributed by atoms with van der Waals surface area (Å²) in [6.45, 7) is 0. The van der Waals surface area contributed by atoms with Crippen LogP contribution >= 0.6 is 34.2 Å². The highest BCUT2D eigenvalue weighted by Crippen LogP contribution is 2.26. The van der Waals surface area contributed by atoms with Gasteiger partial charge >= 0.3 is 0 Å². The van der Waals surface area contributed by atoms with Crippen LogP contribution in [-0.4, -0.2) is 19.5 Å². The van der Waals surface area contributed by atoms with Crippen molar-refractivity contribution >= 4 is 45.4 Å². The van der Waals surface area contributed by atoms with Gasteiger partial charge in [0, 0.05) is 35.2 Å². The molecule has 0 aliphatic carbocycles. The molecule has 2 heterocycles. The van der Waals surface area contributed by atoms with E-state index in [0.717, 1.165) is 5.56 Å². The average Bonchev–Trinajstić information content (AvgIpc) is 2.77. The second-order valence-electron chi connectivity index (χ2n) is 4.14. The predicted molar refractivity (Wildman–Crippen MR) is 84.2 cm³/mol. The molecule has 0 atom stereocenters. The smallest absolute Gasteiger partial charge is 0.194 e. The fourth-order valence-electron chi connectivity index (χ4n) is 1.99. The molecule has 0 bridgehead atoms. The monoisotopic (exact) mass is 395 g/mol. The first-order chi connectivity index (χ1) is 9.60. The van der Waals surface area contributed by atoms with Gasteiger partial charge in [-0.15, -0.1) is 0 Å². The number of benzene rings is 1. The molecule has 7 heteroatoms. The van der Waals surface area contributed by atoms with Crippen LogP contribution in [0.4, 0.5) is 0 Å². The molecule has 0 amide bonds. The number of hydrogen-bond acceptors (Lipinski definition) is 4. The molecule has 0 saturated carbocycles. The van der Waals surface area contributed by atoms with E-state index in [9.17, 15) is 0 Å². The van der Waals surface area contributed by atoms with Crippen LogP contribution in [0.15, 0.2) is 24.3 Å². The Morgan fingerprint density at radius 1 is 1.30 bits per heavy atom. The van der Waals surface area contributed by atoms with Gasteiger partial charge in [-0.2, -0.15) is 5.26 Å². The van der Waals surface area contributed by atoms with E-state index >= 15 is 0 Å². The van der Waals surface area contributed by atoms with Crippen LogP contribution in [0.2, 0.25) is 5.15 Å². The van der Waals surface area contributed by atoms with Crippen molar-refractivity contribution in [1.82, 2.24) is 19.5 Å². The molecule has 3 aromatic rings. The molecule has 5 nitrogen and oxygen atoms in total. The summed E-state index contributed by atoms with van der Waals surface area (Å²) in [6.07, 6.45) is 0. The summed E-state index contributed by atoms with van der Waals surface area (Å²) in [5.74, 6) is 0.704. The lowest BCUT2D eigenvalue weighted by atomic mass is 10.1. The van der Waals surface area contributed by atoms with Crippen molar-refractivity contribution in [3.05, 3.63) is 38.8 Å². The lowest BCUT2D eigenvalue weighted by molar-refractivity contribution is 0.934. The van der Waals surface area contributed by atoms with Crippen molar-refractivity contribution in [3.8, 4) is 17.5 Å². The SMILES string of the molecule is Cn1c(-c2cccc(C#N)c2)nc2c(Cl)nc(I)nc21. The van der Waals surface area contributed by atoms with E-state index in [1.807, 2.05) is 46.3 Å². The Morgan fingerprint density at radius 3 is 2.85 bits per heavy atom. The average molecular weight is 396 g/mol. The van der Waals surface area contributed by atoms with E-state index in [1.54, 1.807) is 12.1 Å². The van der Waals surface area contributed by atoms with Gasteiger partial charge < -0.3 is 4.57 Å². The minimum Gasteiger partial charge on any atom is -0.312 e. The number of aromatic nitrogens is 4. The molecule has 0 unspecified atom stereocenters. The van der Waals surface area contributed by atoms with Crippen molar-refractivity contribution in [2.24, 2.45) is 7.05 Å². The van der Waals surface area contributed by atoms with Crippen molar-refractivity contribution in [2.45, 2.75) is 0 Å². The molecule has 0 aliphatic rings. The number of hydrogen-bond donors (Lipinski definition) is 0. The van der Waals surface area contributed by atoms with Gasteiger partial charge in [-0.25, -0.2) is 15.0 Å². The molecule has 3 rings (SSSR count). The van der Waals surface area contributed by atoms with Crippen LogP contribution < -0.4 is 0 Å². The maximum Gasteiger partial charge on any atom is 0.194 e. The van der Waals surface area contributed by atoms with Crippen LogP contribution in [0.1, 0.15) is 5.56 Å². The number of aryl methyl sites for hydroxylation is 1. The third-order valence-electron chi connectivity index (χ3n) is 2.90. The fraction of sp³-hybridized carbons (Fsp3) is 0.0769. The summed E-state index contributed by atoms with van der Waals surface area (Å²) in [7, 11) is 1.86. The minimum atomic E-state index is 0.331. The quantitative estimate of drug-likeness (QED) is 0.361. The molecule has 0 radical (unpaired) electrons. The minimum absolute atomic E-state index is 0.331. The number of rotatable bonds is 1. The molecular weight excluding hydrogens is 389 g/mol. The maximum atomic E-state index is 8.98. The van der Waals surface area contributed by atoms with Crippen LogP contribution in [0.25, 0.3) is 22.6 Å². The Morgan fingerprint density at radius 2 is 2.10 bits per heavy atom. The third kappa shape index (κ3) is 2.13. The van der Waals surface area contributed by atoms with Crippen molar-refractivity contribution in [1.29, 1.82) is 5.26 Å². The van der Waals surface area contributed by atoms with Crippen molar-refractivity contribution in [2.75, 3.05) is 0 Å². The van der Waals surface area contributed by atoms with E-state index < -0.39 is 0 Å². The maximum absolute atomic E-state index is 8.98. The lowest BCUT2D eigenvalue weighted by Gasteiger charge is -2.02. The van der Waals surface area contributed by atoms with Gasteiger partial charge in [0.25, 0.3) is 0 Å².